The van der Waals surface area contributed by atoms with Crippen LogP contribution in [0.1, 0.15) is 34.1 Å². The fraction of sp³-hybridized carbons (Fsp3) is 0.524. The molecule has 4 heterocycles. The molecule has 2 unspecified atom stereocenters. The Balaban J connectivity index is 1.56. The van der Waals surface area contributed by atoms with Gasteiger partial charge < -0.3 is 19.9 Å². The first-order valence-electron chi connectivity index (χ1n) is 10.8. The predicted molar refractivity (Wildman–Crippen MR) is 127 cm³/mol. The van der Waals surface area contributed by atoms with Gasteiger partial charge in [-0.25, -0.2) is 23.6 Å². The first-order valence-corrected chi connectivity index (χ1v) is 12.3. The minimum Gasteiger partial charge on any atom is -0.458 e. The Morgan fingerprint density at radius 3 is 2.91 bits per heavy atom. The number of aliphatic hydroxyl groups is 1. The first kappa shape index (κ1) is 24.6. The lowest BCUT2D eigenvalue weighted by molar-refractivity contribution is -0.157. The normalized spacial score (nSPS) is 23.4. The lowest BCUT2D eigenvalue weighted by atomic mass is 10.1. The molecule has 2 aromatic heterocycles. The van der Waals surface area contributed by atoms with Crippen LogP contribution in [0.25, 0.3) is 11.3 Å². The molecule has 0 bridgehead atoms. The second-order valence-corrected chi connectivity index (χ2v) is 10.8. The van der Waals surface area contributed by atoms with Crippen LogP contribution in [0.4, 0.5) is 5.95 Å². The molecule has 11 nitrogen and oxygen atoms in total. The standard InChI is InChI=1S/C21H27ClN6O5S/c1-12(19(30)33-21(2,3)4)28-11-24-27-9-13(7-17(27)34(28)31)18-14(22)8-23-20(26-18)25-15-5-6-32-10-16(15)29/h7-9,11-12,15-16,29H,5-6,10H2,1-4H3,(H,23,25,26)/t12?,15-,16+,34?/m1/s1. The van der Waals surface area contributed by atoms with Gasteiger partial charge in [0.2, 0.25) is 5.95 Å². The third-order valence-corrected chi connectivity index (χ3v) is 6.95. The molecule has 0 amide bonds. The summed E-state index contributed by atoms with van der Waals surface area (Å²) in [4.78, 5) is 21.2. The van der Waals surface area contributed by atoms with Gasteiger partial charge in [-0.3, -0.25) is 4.31 Å². The van der Waals surface area contributed by atoms with Crippen LogP contribution in [-0.2, 0) is 25.3 Å². The molecule has 0 aromatic carbocycles. The molecule has 0 spiro atoms. The first-order chi connectivity index (χ1) is 16.0. The van der Waals surface area contributed by atoms with Crippen molar-refractivity contribution in [1.82, 2.24) is 18.9 Å². The van der Waals surface area contributed by atoms with Crippen LogP contribution in [0.2, 0.25) is 5.02 Å². The second kappa shape index (κ2) is 9.61. The minimum atomic E-state index is -1.71. The Labute approximate surface area is 204 Å². The van der Waals surface area contributed by atoms with Crippen molar-refractivity contribution < 1.29 is 23.6 Å². The van der Waals surface area contributed by atoms with E-state index in [0.29, 0.717) is 40.3 Å². The summed E-state index contributed by atoms with van der Waals surface area (Å²) in [7, 11) is -1.71. The van der Waals surface area contributed by atoms with E-state index in [0.717, 1.165) is 0 Å². The zero-order valence-electron chi connectivity index (χ0n) is 19.3. The Morgan fingerprint density at radius 2 is 2.21 bits per heavy atom. The highest BCUT2D eigenvalue weighted by Crippen LogP contribution is 2.31. The molecule has 13 heteroatoms. The number of hydrogen-bond donors (Lipinski definition) is 2. The van der Waals surface area contributed by atoms with Gasteiger partial charge in [-0.05, 0) is 40.2 Å². The largest absolute Gasteiger partial charge is 0.458 e. The molecule has 0 radical (unpaired) electrons. The van der Waals surface area contributed by atoms with Crippen LogP contribution in [0, 0.1) is 0 Å². The zero-order valence-corrected chi connectivity index (χ0v) is 20.8. The van der Waals surface area contributed by atoms with Crippen molar-refractivity contribution in [2.75, 3.05) is 18.5 Å². The molecule has 4 rings (SSSR count). The fourth-order valence-electron chi connectivity index (χ4n) is 3.47. The molecule has 2 N–H and O–H groups in total. The number of anilines is 1. The highest BCUT2D eigenvalue weighted by Gasteiger charge is 2.33. The molecule has 0 saturated carbocycles. The number of halogens is 1. The molecule has 34 heavy (non-hydrogen) atoms. The maximum absolute atomic E-state index is 13.2. The van der Waals surface area contributed by atoms with Gasteiger partial charge in [0.25, 0.3) is 0 Å². The number of aliphatic hydroxyl groups excluding tert-OH is 1. The van der Waals surface area contributed by atoms with E-state index in [1.807, 2.05) is 0 Å². The average Bonchev–Trinajstić information content (AvgIpc) is 3.20. The summed E-state index contributed by atoms with van der Waals surface area (Å²) in [5.41, 5.74) is 0.334. The molecule has 2 aliphatic heterocycles. The topological polar surface area (TPSA) is 131 Å². The fourth-order valence-corrected chi connectivity index (χ4v) is 4.87. The molecular weight excluding hydrogens is 484 g/mol. The van der Waals surface area contributed by atoms with Crippen molar-refractivity contribution in [2.45, 2.75) is 62.9 Å². The van der Waals surface area contributed by atoms with Gasteiger partial charge in [-0.15, -0.1) is 0 Å². The summed E-state index contributed by atoms with van der Waals surface area (Å²) >= 11 is 6.37. The lowest BCUT2D eigenvalue weighted by Crippen LogP contribution is -2.44. The van der Waals surface area contributed by atoms with Gasteiger partial charge in [-0.2, -0.15) is 5.10 Å². The van der Waals surface area contributed by atoms with Crippen LogP contribution in [0.5, 0.6) is 0 Å². The highest BCUT2D eigenvalue weighted by atomic mass is 35.5. The predicted octanol–water partition coefficient (Wildman–Crippen LogP) is 2.02. The van der Waals surface area contributed by atoms with Crippen molar-refractivity contribution >= 4 is 40.8 Å². The third kappa shape index (κ3) is 5.24. The van der Waals surface area contributed by atoms with Crippen LogP contribution in [0.15, 0.2) is 28.6 Å². The van der Waals surface area contributed by atoms with Gasteiger partial charge in [0.15, 0.2) is 16.0 Å². The monoisotopic (exact) mass is 510 g/mol. The average molecular weight is 511 g/mol. The summed E-state index contributed by atoms with van der Waals surface area (Å²) in [5, 5.41) is 18.2. The van der Waals surface area contributed by atoms with Crippen molar-refractivity contribution in [3.63, 3.8) is 0 Å². The van der Waals surface area contributed by atoms with Crippen LogP contribution in [-0.4, -0.2) is 77.6 Å². The number of nitrogens with zero attached hydrogens (tertiary/aromatic N) is 5. The Morgan fingerprint density at radius 1 is 1.44 bits per heavy atom. The molecular formula is C21H27ClN6O5S. The molecule has 2 aromatic rings. The van der Waals surface area contributed by atoms with E-state index in [2.05, 4.69) is 20.4 Å². The molecule has 0 aliphatic carbocycles. The second-order valence-electron chi connectivity index (χ2n) is 9.03. The number of aromatic nitrogens is 3. The smallest absolute Gasteiger partial charge is 0.330 e. The summed E-state index contributed by atoms with van der Waals surface area (Å²) in [6, 6.07) is 0.605. The number of hydrogen-bond acceptors (Lipinski definition) is 9. The number of ether oxygens (including phenoxy) is 2. The number of nitrogens with one attached hydrogen (secondary N) is 1. The summed E-state index contributed by atoms with van der Waals surface area (Å²) in [6.45, 7) is 7.70. The molecule has 2 aliphatic rings. The van der Waals surface area contributed by atoms with Crippen molar-refractivity contribution in [1.29, 1.82) is 0 Å². The summed E-state index contributed by atoms with van der Waals surface area (Å²) < 4.78 is 26.7. The molecule has 184 valence electrons. The minimum absolute atomic E-state index is 0.242. The molecule has 1 saturated heterocycles. The van der Waals surface area contributed by atoms with Crippen LogP contribution >= 0.6 is 11.6 Å². The maximum atomic E-state index is 13.2. The Bertz CT molecular complexity index is 1130. The van der Waals surface area contributed by atoms with Crippen LogP contribution in [0.3, 0.4) is 0 Å². The van der Waals surface area contributed by atoms with E-state index in [4.69, 9.17) is 21.1 Å². The van der Waals surface area contributed by atoms with Gasteiger partial charge >= 0.3 is 5.97 Å². The summed E-state index contributed by atoms with van der Waals surface area (Å²) in [6.07, 6.45) is 4.41. The number of rotatable bonds is 5. The Hall–Kier alpha value is -2.54. The van der Waals surface area contributed by atoms with Gasteiger partial charge in [0, 0.05) is 18.4 Å². The van der Waals surface area contributed by atoms with Crippen molar-refractivity contribution in [3.05, 3.63) is 23.5 Å². The highest BCUT2D eigenvalue weighted by molar-refractivity contribution is 7.83. The maximum Gasteiger partial charge on any atom is 0.330 e. The van der Waals surface area contributed by atoms with E-state index in [1.54, 1.807) is 40.0 Å². The van der Waals surface area contributed by atoms with E-state index in [-0.39, 0.29) is 12.6 Å². The van der Waals surface area contributed by atoms with Crippen molar-refractivity contribution in [3.8, 4) is 11.3 Å². The van der Waals surface area contributed by atoms with E-state index in [1.165, 1.54) is 21.5 Å². The Kier molecular flexibility index (Phi) is 6.94. The quantitative estimate of drug-likeness (QED) is 0.584. The third-order valence-electron chi connectivity index (χ3n) is 5.21. The lowest BCUT2D eigenvalue weighted by Gasteiger charge is -2.29. The van der Waals surface area contributed by atoms with E-state index in [9.17, 15) is 14.1 Å². The SMILES string of the molecule is CC(C(=O)OC(C)(C)C)N1C=Nn2cc(-c3nc(N[C@@H]4CCOC[C@@H]4O)ncc3Cl)cc2S1=O. The van der Waals surface area contributed by atoms with E-state index >= 15 is 0 Å². The molecule has 4 atom stereocenters. The summed E-state index contributed by atoms with van der Waals surface area (Å²) in [5.74, 6) is -0.197. The van der Waals surface area contributed by atoms with E-state index < -0.39 is 34.7 Å². The van der Waals surface area contributed by atoms with Gasteiger partial charge in [-0.1, -0.05) is 11.6 Å². The number of fused-ring (bicyclic) bond motifs is 1. The number of carbonyl (C=O) groups excluding carboxylic acids is 1. The van der Waals surface area contributed by atoms with Crippen molar-refractivity contribution in [2.24, 2.45) is 5.10 Å². The molecule has 1 fully saturated rings. The van der Waals surface area contributed by atoms with Gasteiger partial charge in [0.05, 0.1) is 35.7 Å². The number of esters is 1. The van der Waals surface area contributed by atoms with Crippen LogP contribution < -0.4 is 5.32 Å². The van der Waals surface area contributed by atoms with Gasteiger partial charge in [0.1, 0.15) is 18.0 Å². The zero-order chi connectivity index (χ0) is 24.6. The number of carbonyl (C=O) groups is 1.